The molecule has 0 aliphatic carbocycles. The number of nitrogens with two attached hydrogens (primary N) is 1. The minimum atomic E-state index is -4.28. The summed E-state index contributed by atoms with van der Waals surface area (Å²) in [6.45, 7) is 2.09. The number of carbonyl (C=O) groups is 1. The van der Waals surface area contributed by atoms with E-state index >= 15 is 0 Å². The average molecular weight is 260 g/mol. The molecule has 1 aromatic carbocycles. The maximum absolute atomic E-state index is 11.3. The van der Waals surface area contributed by atoms with E-state index in [0.717, 1.165) is 0 Å². The predicted molar refractivity (Wildman–Crippen MR) is 59.9 cm³/mol. The van der Waals surface area contributed by atoms with Gasteiger partial charge < -0.3 is 14.7 Å². The number of para-hydroxylation sites is 2. The zero-order valence-electron chi connectivity index (χ0n) is 9.04. The normalized spacial score (nSPS) is 10.6. The molecule has 0 aliphatic rings. The summed E-state index contributed by atoms with van der Waals surface area (Å²) in [6.07, 6.45) is 0. The van der Waals surface area contributed by atoms with Crippen molar-refractivity contribution in [3.8, 4) is 11.5 Å². The van der Waals surface area contributed by atoms with E-state index in [1.807, 2.05) is 0 Å². The van der Waals surface area contributed by atoms with Gasteiger partial charge in [0.1, 0.15) is 0 Å². The minimum Gasteiger partial charge on any atom is -0.490 e. The third-order valence-corrected chi connectivity index (χ3v) is 2.42. The largest absolute Gasteiger partial charge is 0.490 e. The first-order chi connectivity index (χ1) is 7.94. The van der Waals surface area contributed by atoms with E-state index in [1.165, 1.54) is 10.8 Å². The van der Waals surface area contributed by atoms with Gasteiger partial charge in [-0.25, -0.2) is 9.52 Å². The van der Waals surface area contributed by atoms with Crippen LogP contribution in [0.4, 0.5) is 4.79 Å². The highest BCUT2D eigenvalue weighted by Crippen LogP contribution is 2.27. The van der Waals surface area contributed by atoms with Gasteiger partial charge in [-0.05, 0) is 19.1 Å². The molecule has 0 fully saturated rings. The number of benzene rings is 1. The van der Waals surface area contributed by atoms with Crippen molar-refractivity contribution in [2.75, 3.05) is 6.61 Å². The maximum Gasteiger partial charge on any atom is 0.411 e. The summed E-state index contributed by atoms with van der Waals surface area (Å²) in [6, 6.07) is 4.94. The number of hydrogen-bond acceptors (Lipinski definition) is 5. The molecule has 0 aliphatic heterocycles. The zero-order valence-corrected chi connectivity index (χ0v) is 9.86. The fourth-order valence-corrected chi connectivity index (χ4v) is 1.72. The Bertz CT molecular complexity index is 500. The van der Waals surface area contributed by atoms with E-state index < -0.39 is 16.3 Å². The average Bonchev–Trinajstić information content (AvgIpc) is 2.18. The molecule has 0 radical (unpaired) electrons. The Morgan fingerprint density at radius 3 is 2.47 bits per heavy atom. The molecule has 0 spiro atoms. The van der Waals surface area contributed by atoms with Crippen LogP contribution in [0.25, 0.3) is 0 Å². The Hall–Kier alpha value is -1.96. The first-order valence-corrected chi connectivity index (χ1v) is 6.09. The minimum absolute atomic E-state index is 0.0249. The quantitative estimate of drug-likeness (QED) is 0.795. The lowest BCUT2D eigenvalue weighted by atomic mass is 10.3. The molecular weight excluding hydrogens is 248 g/mol. The van der Waals surface area contributed by atoms with Gasteiger partial charge in [0.2, 0.25) is 0 Å². The summed E-state index contributed by atoms with van der Waals surface area (Å²) >= 11 is 0. The molecule has 7 nitrogen and oxygen atoms in total. The molecule has 0 aromatic heterocycles. The van der Waals surface area contributed by atoms with Gasteiger partial charge in [0.15, 0.2) is 11.5 Å². The van der Waals surface area contributed by atoms with E-state index in [-0.39, 0.29) is 11.5 Å². The lowest BCUT2D eigenvalue weighted by Gasteiger charge is -2.10. The summed E-state index contributed by atoms with van der Waals surface area (Å²) in [5, 5.41) is 0. The van der Waals surface area contributed by atoms with Crippen LogP contribution in [0.3, 0.4) is 0 Å². The number of amides is 2. The highest BCUT2D eigenvalue weighted by Gasteiger charge is 2.17. The molecular formula is C9H12N2O5S. The number of primary amides is 1. The van der Waals surface area contributed by atoms with Crippen molar-refractivity contribution in [3.05, 3.63) is 24.3 Å². The van der Waals surface area contributed by atoms with Crippen molar-refractivity contribution < 1.29 is 22.1 Å². The molecule has 0 saturated heterocycles. The number of nitrogens with one attached hydrogen (secondary N) is 1. The number of carbonyl (C=O) groups excluding carboxylic acids is 1. The molecule has 0 heterocycles. The Morgan fingerprint density at radius 1 is 1.35 bits per heavy atom. The number of ether oxygens (including phenoxy) is 1. The molecule has 0 saturated carbocycles. The van der Waals surface area contributed by atoms with Crippen LogP contribution < -0.4 is 19.4 Å². The molecule has 1 aromatic rings. The Morgan fingerprint density at radius 2 is 1.94 bits per heavy atom. The highest BCUT2D eigenvalue weighted by molar-refractivity contribution is 7.85. The Kier molecular flexibility index (Phi) is 4.16. The van der Waals surface area contributed by atoms with Crippen molar-refractivity contribution in [1.29, 1.82) is 0 Å². The number of hydrogen-bond donors (Lipinski definition) is 2. The zero-order chi connectivity index (χ0) is 12.9. The van der Waals surface area contributed by atoms with Crippen LogP contribution in [0.2, 0.25) is 0 Å². The van der Waals surface area contributed by atoms with Crippen molar-refractivity contribution in [2.24, 2.45) is 5.73 Å². The molecule has 2 amide bonds. The van der Waals surface area contributed by atoms with Crippen LogP contribution >= 0.6 is 0 Å². The van der Waals surface area contributed by atoms with Crippen molar-refractivity contribution >= 4 is 16.3 Å². The molecule has 3 N–H and O–H groups in total. The Labute approximate surface area is 98.8 Å². The van der Waals surface area contributed by atoms with Gasteiger partial charge >= 0.3 is 16.3 Å². The van der Waals surface area contributed by atoms with Crippen LogP contribution in [0.1, 0.15) is 6.92 Å². The van der Waals surface area contributed by atoms with Gasteiger partial charge in [-0.15, -0.1) is 0 Å². The van der Waals surface area contributed by atoms with Gasteiger partial charge in [-0.1, -0.05) is 12.1 Å². The van der Waals surface area contributed by atoms with E-state index in [2.05, 4.69) is 9.92 Å². The highest BCUT2D eigenvalue weighted by atomic mass is 32.2. The second-order valence-electron chi connectivity index (χ2n) is 2.88. The van der Waals surface area contributed by atoms with Crippen molar-refractivity contribution in [2.45, 2.75) is 6.92 Å². The van der Waals surface area contributed by atoms with E-state index in [1.54, 1.807) is 25.1 Å². The molecule has 8 heteroatoms. The van der Waals surface area contributed by atoms with Crippen LogP contribution in [0.5, 0.6) is 11.5 Å². The van der Waals surface area contributed by atoms with Gasteiger partial charge in [0, 0.05) is 0 Å². The van der Waals surface area contributed by atoms with E-state index in [9.17, 15) is 13.2 Å². The second-order valence-corrected chi connectivity index (χ2v) is 4.16. The second kappa shape index (κ2) is 5.39. The summed E-state index contributed by atoms with van der Waals surface area (Å²) < 4.78 is 33.8. The van der Waals surface area contributed by atoms with Gasteiger partial charge in [0.05, 0.1) is 6.61 Å². The Balaban J connectivity index is 2.91. The standard InChI is InChI=1S/C9H12N2O5S/c1-2-15-7-5-3-4-6-8(7)16-17(13,14)11-9(10)12/h3-6H,2H2,1H3,(H3,10,11,12). The summed E-state index contributed by atoms with van der Waals surface area (Å²) in [5.41, 5.74) is 4.69. The van der Waals surface area contributed by atoms with Crippen LogP contribution in [0, 0.1) is 0 Å². The first-order valence-electron chi connectivity index (χ1n) is 4.68. The fourth-order valence-electron chi connectivity index (χ4n) is 1.06. The third-order valence-electron chi connectivity index (χ3n) is 1.57. The monoisotopic (exact) mass is 260 g/mol. The first kappa shape index (κ1) is 13.1. The predicted octanol–water partition coefficient (Wildman–Crippen LogP) is 0.377. The van der Waals surface area contributed by atoms with E-state index in [4.69, 9.17) is 4.74 Å². The van der Waals surface area contributed by atoms with Crippen LogP contribution in [-0.2, 0) is 10.3 Å². The maximum atomic E-state index is 11.3. The molecule has 0 bridgehead atoms. The van der Waals surface area contributed by atoms with Gasteiger partial charge in [-0.3, -0.25) is 0 Å². The van der Waals surface area contributed by atoms with Crippen molar-refractivity contribution in [1.82, 2.24) is 4.72 Å². The lowest BCUT2D eigenvalue weighted by Crippen LogP contribution is -2.37. The summed E-state index contributed by atoms with van der Waals surface area (Å²) in [5.74, 6) is 0.230. The fraction of sp³-hybridized carbons (Fsp3) is 0.222. The van der Waals surface area contributed by atoms with E-state index in [0.29, 0.717) is 6.61 Å². The molecule has 17 heavy (non-hydrogen) atoms. The molecule has 94 valence electrons. The SMILES string of the molecule is CCOc1ccccc1OS(=O)(=O)NC(N)=O. The van der Waals surface area contributed by atoms with Gasteiger partial charge in [0.25, 0.3) is 0 Å². The summed E-state index contributed by atoms with van der Waals surface area (Å²) in [7, 11) is -4.28. The molecule has 0 atom stereocenters. The third kappa shape index (κ3) is 4.19. The molecule has 0 unspecified atom stereocenters. The summed E-state index contributed by atoms with van der Waals surface area (Å²) in [4.78, 5) is 10.4. The van der Waals surface area contributed by atoms with Crippen LogP contribution in [0.15, 0.2) is 24.3 Å². The number of rotatable bonds is 5. The smallest absolute Gasteiger partial charge is 0.411 e. The topological polar surface area (TPSA) is 108 Å². The molecule has 1 rings (SSSR count). The lowest BCUT2D eigenvalue weighted by molar-refractivity contribution is 0.252. The number of urea groups is 1. The van der Waals surface area contributed by atoms with Crippen molar-refractivity contribution in [3.63, 3.8) is 0 Å². The van der Waals surface area contributed by atoms with Crippen LogP contribution in [-0.4, -0.2) is 21.1 Å². The van der Waals surface area contributed by atoms with Gasteiger partial charge in [-0.2, -0.15) is 8.42 Å².